The quantitative estimate of drug-likeness (QED) is 0.471. The normalized spacial score (nSPS) is 17.7. The van der Waals surface area contributed by atoms with Crippen molar-refractivity contribution in [2.24, 2.45) is 0 Å². The maximum Gasteiger partial charge on any atom is 0.265 e. The molecule has 0 saturated heterocycles. The Hall–Kier alpha value is -3.29. The molecule has 4 aromatic rings. The van der Waals surface area contributed by atoms with Crippen LogP contribution in [-0.4, -0.2) is 26.0 Å². The molecule has 1 unspecified atom stereocenters. The number of para-hydroxylation sites is 1. The molecule has 1 aliphatic rings. The first kappa shape index (κ1) is 19.7. The van der Waals surface area contributed by atoms with Crippen LogP contribution in [0.15, 0.2) is 89.5 Å². The molecule has 7 heteroatoms. The molecular weight excluding hydrogens is 456 g/mol. The molecule has 154 valence electrons. The van der Waals surface area contributed by atoms with Gasteiger partial charge in [0.25, 0.3) is 5.91 Å². The minimum Gasteiger partial charge on any atom is -0.374 e. The summed E-state index contributed by atoms with van der Waals surface area (Å²) in [7, 11) is 0. The van der Waals surface area contributed by atoms with Crippen molar-refractivity contribution in [1.29, 1.82) is 0 Å². The van der Waals surface area contributed by atoms with Crippen molar-refractivity contribution < 1.29 is 9.90 Å². The first-order chi connectivity index (χ1) is 15.0. The van der Waals surface area contributed by atoms with Crippen molar-refractivity contribution in [3.8, 4) is 11.3 Å². The van der Waals surface area contributed by atoms with Crippen molar-refractivity contribution >= 4 is 27.5 Å². The number of anilines is 1. The Morgan fingerprint density at radius 2 is 1.65 bits per heavy atom. The third kappa shape index (κ3) is 3.56. The molecule has 0 fully saturated rings. The zero-order valence-corrected chi connectivity index (χ0v) is 18.1. The fourth-order valence-electron chi connectivity index (χ4n) is 3.95. The SMILES string of the molecule is O=C1N(Cc2ccccc2)c2ccccc2C1(O)Cn1cc(-c2ccc(Br)cc2)nn1. The molecule has 3 aromatic carbocycles. The molecule has 1 aliphatic heterocycles. The van der Waals surface area contributed by atoms with E-state index in [4.69, 9.17) is 0 Å². The van der Waals surface area contributed by atoms with Crippen LogP contribution >= 0.6 is 15.9 Å². The predicted molar refractivity (Wildman–Crippen MR) is 121 cm³/mol. The molecule has 0 spiro atoms. The fourth-order valence-corrected chi connectivity index (χ4v) is 4.21. The number of rotatable bonds is 5. The van der Waals surface area contributed by atoms with Crippen LogP contribution in [0.4, 0.5) is 5.69 Å². The minimum atomic E-state index is -1.71. The van der Waals surface area contributed by atoms with E-state index in [9.17, 15) is 9.90 Å². The van der Waals surface area contributed by atoms with E-state index in [2.05, 4.69) is 26.2 Å². The Morgan fingerprint density at radius 3 is 2.42 bits per heavy atom. The zero-order valence-electron chi connectivity index (χ0n) is 16.5. The lowest BCUT2D eigenvalue weighted by molar-refractivity contribution is -0.138. The van der Waals surface area contributed by atoms with Gasteiger partial charge in [-0.25, -0.2) is 4.68 Å². The molecule has 0 bridgehead atoms. The third-order valence-corrected chi connectivity index (χ3v) is 6.02. The van der Waals surface area contributed by atoms with Gasteiger partial charge in [-0.2, -0.15) is 0 Å². The van der Waals surface area contributed by atoms with Crippen LogP contribution < -0.4 is 4.90 Å². The highest BCUT2D eigenvalue weighted by atomic mass is 79.9. The first-order valence-electron chi connectivity index (χ1n) is 9.88. The van der Waals surface area contributed by atoms with Crippen molar-refractivity contribution in [2.75, 3.05) is 4.90 Å². The number of nitrogens with zero attached hydrogens (tertiary/aromatic N) is 4. The molecule has 1 atom stereocenters. The van der Waals surface area contributed by atoms with E-state index in [0.717, 1.165) is 15.6 Å². The topological polar surface area (TPSA) is 71.2 Å². The molecule has 1 aromatic heterocycles. The Morgan fingerprint density at radius 1 is 0.935 bits per heavy atom. The maximum absolute atomic E-state index is 13.4. The second-order valence-electron chi connectivity index (χ2n) is 7.56. The van der Waals surface area contributed by atoms with E-state index in [1.807, 2.05) is 72.8 Å². The number of amides is 1. The third-order valence-electron chi connectivity index (χ3n) is 5.49. The van der Waals surface area contributed by atoms with Crippen LogP contribution in [0.25, 0.3) is 11.3 Å². The lowest BCUT2D eigenvalue weighted by atomic mass is 9.95. The molecular formula is C24H19BrN4O2. The largest absolute Gasteiger partial charge is 0.374 e. The van der Waals surface area contributed by atoms with E-state index in [1.54, 1.807) is 17.2 Å². The second kappa shape index (κ2) is 7.76. The summed E-state index contributed by atoms with van der Waals surface area (Å²) in [5.41, 5.74) is 2.16. The Kier molecular flexibility index (Phi) is 4.92. The summed E-state index contributed by atoms with van der Waals surface area (Å²) >= 11 is 3.42. The monoisotopic (exact) mass is 474 g/mol. The van der Waals surface area contributed by atoms with Crippen LogP contribution in [0.2, 0.25) is 0 Å². The number of hydrogen-bond donors (Lipinski definition) is 1. The average molecular weight is 475 g/mol. The predicted octanol–water partition coefficient (Wildman–Crippen LogP) is 4.14. The van der Waals surface area contributed by atoms with Gasteiger partial charge in [0.05, 0.1) is 25.0 Å². The number of carbonyl (C=O) groups excluding carboxylic acids is 1. The van der Waals surface area contributed by atoms with Gasteiger partial charge in [0.15, 0.2) is 5.60 Å². The summed E-state index contributed by atoms with van der Waals surface area (Å²) in [6, 6.07) is 24.8. The summed E-state index contributed by atoms with van der Waals surface area (Å²) in [5.74, 6) is -0.363. The number of fused-ring (bicyclic) bond motifs is 1. The van der Waals surface area contributed by atoms with Gasteiger partial charge in [0, 0.05) is 15.6 Å². The first-order valence-corrected chi connectivity index (χ1v) is 10.7. The number of benzene rings is 3. The number of hydrogen-bond acceptors (Lipinski definition) is 4. The van der Waals surface area contributed by atoms with Gasteiger partial charge in [-0.3, -0.25) is 4.79 Å². The highest BCUT2D eigenvalue weighted by Gasteiger charge is 2.50. The van der Waals surface area contributed by atoms with Crippen molar-refractivity contribution in [3.05, 3.63) is 101 Å². The van der Waals surface area contributed by atoms with Gasteiger partial charge in [-0.05, 0) is 23.8 Å². The maximum atomic E-state index is 13.4. The number of halogens is 1. The molecule has 5 rings (SSSR count). The van der Waals surface area contributed by atoms with E-state index < -0.39 is 5.60 Å². The fraction of sp³-hybridized carbons (Fsp3) is 0.125. The number of aromatic nitrogens is 3. The summed E-state index contributed by atoms with van der Waals surface area (Å²) < 4.78 is 2.50. The number of carbonyl (C=O) groups is 1. The zero-order chi connectivity index (χ0) is 21.4. The molecule has 0 saturated carbocycles. The van der Waals surface area contributed by atoms with Crippen molar-refractivity contribution in [2.45, 2.75) is 18.7 Å². The van der Waals surface area contributed by atoms with E-state index in [1.165, 1.54) is 4.68 Å². The van der Waals surface area contributed by atoms with Crippen LogP contribution in [0.3, 0.4) is 0 Å². The van der Waals surface area contributed by atoms with Gasteiger partial charge in [-0.15, -0.1) is 5.10 Å². The number of aliphatic hydroxyl groups is 1. The van der Waals surface area contributed by atoms with Crippen LogP contribution in [0.5, 0.6) is 0 Å². The molecule has 0 aliphatic carbocycles. The molecule has 1 amide bonds. The minimum absolute atomic E-state index is 0.0162. The summed E-state index contributed by atoms with van der Waals surface area (Å²) in [4.78, 5) is 15.1. The Balaban J connectivity index is 1.46. The average Bonchev–Trinajstić information content (AvgIpc) is 3.33. The van der Waals surface area contributed by atoms with Gasteiger partial charge in [0.1, 0.15) is 5.69 Å². The highest BCUT2D eigenvalue weighted by Crippen LogP contribution is 2.42. The molecule has 6 nitrogen and oxygen atoms in total. The molecule has 0 radical (unpaired) electrons. The lowest BCUT2D eigenvalue weighted by Crippen LogP contribution is -2.43. The summed E-state index contributed by atoms with van der Waals surface area (Å²) in [6.45, 7) is 0.373. The summed E-state index contributed by atoms with van der Waals surface area (Å²) in [6.07, 6.45) is 1.75. The van der Waals surface area contributed by atoms with E-state index in [0.29, 0.717) is 23.5 Å². The molecule has 31 heavy (non-hydrogen) atoms. The highest BCUT2D eigenvalue weighted by molar-refractivity contribution is 9.10. The summed E-state index contributed by atoms with van der Waals surface area (Å²) in [5, 5.41) is 19.9. The van der Waals surface area contributed by atoms with Gasteiger partial charge >= 0.3 is 0 Å². The Bertz CT molecular complexity index is 1240. The lowest BCUT2D eigenvalue weighted by Gasteiger charge is -2.23. The molecule has 1 N–H and O–H groups in total. The van der Waals surface area contributed by atoms with Gasteiger partial charge in [0.2, 0.25) is 0 Å². The van der Waals surface area contributed by atoms with E-state index >= 15 is 0 Å². The van der Waals surface area contributed by atoms with Crippen LogP contribution in [0, 0.1) is 0 Å². The van der Waals surface area contributed by atoms with Crippen LogP contribution in [-0.2, 0) is 23.5 Å². The van der Waals surface area contributed by atoms with Crippen molar-refractivity contribution in [3.63, 3.8) is 0 Å². The van der Waals surface area contributed by atoms with E-state index in [-0.39, 0.29) is 12.5 Å². The standard InChI is InChI=1S/C24H19BrN4O2/c25-19-12-10-18(11-13-19)21-15-28(27-26-21)16-24(31)20-8-4-5-9-22(20)29(23(24)30)14-17-6-2-1-3-7-17/h1-13,15,31H,14,16H2. The van der Waals surface area contributed by atoms with Gasteiger partial charge < -0.3 is 10.0 Å². The second-order valence-corrected chi connectivity index (χ2v) is 8.48. The van der Waals surface area contributed by atoms with Crippen LogP contribution in [0.1, 0.15) is 11.1 Å². The Labute approximate surface area is 187 Å². The van der Waals surface area contributed by atoms with Gasteiger partial charge in [-0.1, -0.05) is 81.8 Å². The smallest absolute Gasteiger partial charge is 0.265 e. The molecule has 2 heterocycles. The van der Waals surface area contributed by atoms with Crippen molar-refractivity contribution in [1.82, 2.24) is 15.0 Å².